The van der Waals surface area contributed by atoms with Gasteiger partial charge >= 0.3 is 0 Å². The standard InChI is InChI=1S/C13H15FN2S/c1-9(11-4-3-5-12(14)6-11)15-7-13-8-17-10(2)16-13/h3-6,8-9,15H,7H2,1-2H3/t9-/m1/s1. The molecule has 1 heterocycles. The number of thiazole rings is 1. The summed E-state index contributed by atoms with van der Waals surface area (Å²) in [5.41, 5.74) is 1.99. The van der Waals surface area contributed by atoms with Gasteiger partial charge in [0.25, 0.3) is 0 Å². The maximum Gasteiger partial charge on any atom is 0.123 e. The minimum Gasteiger partial charge on any atom is -0.305 e. The summed E-state index contributed by atoms with van der Waals surface area (Å²) >= 11 is 1.64. The summed E-state index contributed by atoms with van der Waals surface area (Å²) in [5.74, 6) is -0.194. The number of hydrogen-bond acceptors (Lipinski definition) is 3. The van der Waals surface area contributed by atoms with Crippen molar-refractivity contribution < 1.29 is 4.39 Å². The lowest BCUT2D eigenvalue weighted by Gasteiger charge is -2.13. The summed E-state index contributed by atoms with van der Waals surface area (Å²) in [7, 11) is 0. The molecule has 17 heavy (non-hydrogen) atoms. The Kier molecular flexibility index (Phi) is 3.86. The Morgan fingerprint density at radius 1 is 1.47 bits per heavy atom. The molecule has 0 amide bonds. The Hall–Kier alpha value is -1.26. The quantitative estimate of drug-likeness (QED) is 0.899. The Morgan fingerprint density at radius 3 is 2.94 bits per heavy atom. The third-order valence-electron chi connectivity index (χ3n) is 2.60. The molecule has 1 aromatic heterocycles. The monoisotopic (exact) mass is 250 g/mol. The van der Waals surface area contributed by atoms with E-state index < -0.39 is 0 Å². The molecule has 1 N–H and O–H groups in total. The zero-order chi connectivity index (χ0) is 12.3. The summed E-state index contributed by atoms with van der Waals surface area (Å²) in [4.78, 5) is 4.38. The van der Waals surface area contributed by atoms with Crippen LogP contribution < -0.4 is 5.32 Å². The van der Waals surface area contributed by atoms with Crippen molar-refractivity contribution in [1.29, 1.82) is 0 Å². The zero-order valence-corrected chi connectivity index (χ0v) is 10.7. The molecule has 2 nitrogen and oxygen atoms in total. The largest absolute Gasteiger partial charge is 0.305 e. The fraction of sp³-hybridized carbons (Fsp3) is 0.308. The van der Waals surface area contributed by atoms with Gasteiger partial charge in [0, 0.05) is 18.0 Å². The van der Waals surface area contributed by atoms with E-state index in [1.807, 2.05) is 25.3 Å². The minimum atomic E-state index is -0.194. The SMILES string of the molecule is Cc1nc(CN[C@H](C)c2cccc(F)c2)cs1. The second-order valence-corrected chi connectivity index (χ2v) is 5.08. The molecule has 0 saturated heterocycles. The molecule has 0 saturated carbocycles. The molecule has 2 aromatic rings. The fourth-order valence-corrected chi connectivity index (χ4v) is 2.25. The molecule has 0 aliphatic heterocycles. The first-order valence-corrected chi connectivity index (χ1v) is 6.43. The number of nitrogens with zero attached hydrogens (tertiary/aromatic N) is 1. The lowest BCUT2D eigenvalue weighted by molar-refractivity contribution is 0.560. The molecule has 0 fully saturated rings. The third kappa shape index (κ3) is 3.35. The molecular formula is C13H15FN2S. The average molecular weight is 250 g/mol. The normalized spacial score (nSPS) is 12.6. The molecule has 4 heteroatoms. The van der Waals surface area contributed by atoms with E-state index in [2.05, 4.69) is 10.3 Å². The van der Waals surface area contributed by atoms with Crippen LogP contribution in [0.4, 0.5) is 4.39 Å². The molecule has 0 unspecified atom stereocenters. The van der Waals surface area contributed by atoms with Gasteiger partial charge in [-0.15, -0.1) is 11.3 Å². The second kappa shape index (κ2) is 5.38. The van der Waals surface area contributed by atoms with Crippen molar-refractivity contribution in [3.8, 4) is 0 Å². The van der Waals surface area contributed by atoms with E-state index in [1.54, 1.807) is 23.5 Å². The number of hydrogen-bond donors (Lipinski definition) is 1. The van der Waals surface area contributed by atoms with Gasteiger partial charge in [-0.05, 0) is 31.5 Å². The predicted octanol–water partition coefficient (Wildman–Crippen LogP) is 3.44. The average Bonchev–Trinajstić information content (AvgIpc) is 2.72. The Morgan fingerprint density at radius 2 is 2.29 bits per heavy atom. The molecule has 0 aliphatic rings. The smallest absolute Gasteiger partial charge is 0.123 e. The van der Waals surface area contributed by atoms with E-state index in [0.29, 0.717) is 6.54 Å². The molecule has 0 bridgehead atoms. The Labute approximate surface area is 105 Å². The number of benzene rings is 1. The summed E-state index contributed by atoms with van der Waals surface area (Å²) in [5, 5.41) is 6.45. The van der Waals surface area contributed by atoms with E-state index in [-0.39, 0.29) is 11.9 Å². The Balaban J connectivity index is 1.95. The summed E-state index contributed by atoms with van der Waals surface area (Å²) < 4.78 is 13.1. The number of aryl methyl sites for hydroxylation is 1. The van der Waals surface area contributed by atoms with Crippen LogP contribution in [-0.4, -0.2) is 4.98 Å². The highest BCUT2D eigenvalue weighted by Gasteiger charge is 2.06. The van der Waals surface area contributed by atoms with Gasteiger partial charge in [-0.3, -0.25) is 0 Å². The van der Waals surface area contributed by atoms with Crippen LogP contribution in [0.25, 0.3) is 0 Å². The highest BCUT2D eigenvalue weighted by molar-refractivity contribution is 7.09. The van der Waals surface area contributed by atoms with Crippen LogP contribution in [0.15, 0.2) is 29.6 Å². The predicted molar refractivity (Wildman–Crippen MR) is 68.5 cm³/mol. The molecular weight excluding hydrogens is 235 g/mol. The molecule has 0 aliphatic carbocycles. The minimum absolute atomic E-state index is 0.118. The maximum absolute atomic E-state index is 13.1. The fourth-order valence-electron chi connectivity index (χ4n) is 1.64. The summed E-state index contributed by atoms with van der Waals surface area (Å²) in [6.07, 6.45) is 0. The molecule has 1 atom stereocenters. The number of aromatic nitrogens is 1. The maximum atomic E-state index is 13.1. The van der Waals surface area contributed by atoms with Crippen molar-refractivity contribution in [2.75, 3.05) is 0 Å². The lowest BCUT2D eigenvalue weighted by atomic mass is 10.1. The molecule has 0 spiro atoms. The van der Waals surface area contributed by atoms with Gasteiger partial charge < -0.3 is 5.32 Å². The van der Waals surface area contributed by atoms with Crippen molar-refractivity contribution in [1.82, 2.24) is 10.3 Å². The van der Waals surface area contributed by atoms with E-state index in [9.17, 15) is 4.39 Å². The van der Waals surface area contributed by atoms with Gasteiger partial charge in [0.15, 0.2) is 0 Å². The van der Waals surface area contributed by atoms with Gasteiger partial charge in [0.05, 0.1) is 10.7 Å². The van der Waals surface area contributed by atoms with E-state index in [4.69, 9.17) is 0 Å². The summed E-state index contributed by atoms with van der Waals surface area (Å²) in [6.45, 7) is 4.72. The number of nitrogens with one attached hydrogen (secondary N) is 1. The van der Waals surface area contributed by atoms with Crippen LogP contribution >= 0.6 is 11.3 Å². The first-order chi connectivity index (χ1) is 8.15. The lowest BCUT2D eigenvalue weighted by Crippen LogP contribution is -2.18. The van der Waals surface area contributed by atoms with Crippen LogP contribution in [0, 0.1) is 12.7 Å². The van der Waals surface area contributed by atoms with Crippen LogP contribution in [-0.2, 0) is 6.54 Å². The van der Waals surface area contributed by atoms with E-state index in [1.165, 1.54) is 6.07 Å². The van der Waals surface area contributed by atoms with Crippen LogP contribution in [0.5, 0.6) is 0 Å². The molecule has 1 aromatic carbocycles. The van der Waals surface area contributed by atoms with Gasteiger partial charge in [0.1, 0.15) is 5.82 Å². The third-order valence-corrected chi connectivity index (χ3v) is 3.43. The van der Waals surface area contributed by atoms with Crippen molar-refractivity contribution >= 4 is 11.3 Å². The first kappa shape index (κ1) is 12.2. The van der Waals surface area contributed by atoms with Crippen molar-refractivity contribution in [3.63, 3.8) is 0 Å². The second-order valence-electron chi connectivity index (χ2n) is 4.02. The number of halogens is 1. The Bertz CT molecular complexity index is 496. The van der Waals surface area contributed by atoms with Crippen LogP contribution in [0.2, 0.25) is 0 Å². The first-order valence-electron chi connectivity index (χ1n) is 5.55. The van der Waals surface area contributed by atoms with Gasteiger partial charge in [-0.1, -0.05) is 12.1 Å². The topological polar surface area (TPSA) is 24.9 Å². The van der Waals surface area contributed by atoms with Crippen molar-refractivity contribution in [2.24, 2.45) is 0 Å². The zero-order valence-electron chi connectivity index (χ0n) is 9.90. The molecule has 0 radical (unpaired) electrons. The van der Waals surface area contributed by atoms with E-state index in [0.717, 1.165) is 16.3 Å². The van der Waals surface area contributed by atoms with Crippen molar-refractivity contribution in [2.45, 2.75) is 26.4 Å². The summed E-state index contributed by atoms with van der Waals surface area (Å²) in [6, 6.07) is 6.79. The van der Waals surface area contributed by atoms with Crippen molar-refractivity contribution in [3.05, 3.63) is 51.7 Å². The molecule has 2 rings (SSSR count). The highest BCUT2D eigenvalue weighted by atomic mass is 32.1. The molecule has 90 valence electrons. The van der Waals surface area contributed by atoms with Gasteiger partial charge in [-0.25, -0.2) is 9.37 Å². The van der Waals surface area contributed by atoms with Crippen LogP contribution in [0.3, 0.4) is 0 Å². The van der Waals surface area contributed by atoms with Crippen LogP contribution in [0.1, 0.15) is 29.2 Å². The van der Waals surface area contributed by atoms with Gasteiger partial charge in [-0.2, -0.15) is 0 Å². The van der Waals surface area contributed by atoms with E-state index >= 15 is 0 Å². The highest BCUT2D eigenvalue weighted by Crippen LogP contribution is 2.15. The van der Waals surface area contributed by atoms with Gasteiger partial charge in [0.2, 0.25) is 0 Å². The number of rotatable bonds is 4.